The minimum absolute atomic E-state index is 0. The first-order valence-corrected chi connectivity index (χ1v) is 7.81. The highest BCUT2D eigenvalue weighted by Crippen LogP contribution is 2.27. The number of nitrogens with zero attached hydrogens (tertiary/aromatic N) is 1. The van der Waals surface area contributed by atoms with Crippen molar-refractivity contribution in [1.29, 1.82) is 0 Å². The van der Waals surface area contributed by atoms with E-state index in [2.05, 4.69) is 4.90 Å². The van der Waals surface area contributed by atoms with Gasteiger partial charge in [-0.3, -0.25) is 0 Å². The molecular weight excluding hydrogens is 244 g/mol. The summed E-state index contributed by atoms with van der Waals surface area (Å²) in [5.74, 6) is 1.93. The Morgan fingerprint density at radius 3 is 2.33 bits per heavy atom. The highest BCUT2D eigenvalue weighted by molar-refractivity contribution is 5.85. The molecule has 1 atom stereocenters. The second-order valence-electron chi connectivity index (χ2n) is 6.18. The molecule has 1 saturated heterocycles. The zero-order valence-corrected chi connectivity index (χ0v) is 12.6. The van der Waals surface area contributed by atoms with Crippen LogP contribution in [0.4, 0.5) is 0 Å². The maximum Gasteiger partial charge on any atom is 0.00101 e. The van der Waals surface area contributed by atoms with Gasteiger partial charge in [0, 0.05) is 6.54 Å². The summed E-state index contributed by atoms with van der Waals surface area (Å²) in [6.45, 7) is 4.89. The summed E-state index contributed by atoms with van der Waals surface area (Å²) in [5, 5.41) is 0. The Bertz CT molecular complexity index is 203. The van der Waals surface area contributed by atoms with E-state index >= 15 is 0 Å². The normalized spacial score (nSPS) is 26.8. The number of piperidine rings is 1. The number of hydrogen-bond donors (Lipinski definition) is 1. The van der Waals surface area contributed by atoms with Gasteiger partial charge in [-0.05, 0) is 57.2 Å². The second kappa shape index (κ2) is 9.17. The molecule has 0 aromatic heterocycles. The van der Waals surface area contributed by atoms with Gasteiger partial charge in [0.05, 0.1) is 0 Å². The van der Waals surface area contributed by atoms with E-state index in [1.54, 1.807) is 0 Å². The van der Waals surface area contributed by atoms with Crippen molar-refractivity contribution in [1.82, 2.24) is 4.90 Å². The Morgan fingerprint density at radius 1 is 0.889 bits per heavy atom. The van der Waals surface area contributed by atoms with Gasteiger partial charge in [0.1, 0.15) is 0 Å². The van der Waals surface area contributed by atoms with Crippen molar-refractivity contribution in [3.05, 3.63) is 0 Å². The van der Waals surface area contributed by atoms with Crippen LogP contribution in [0.5, 0.6) is 0 Å². The maximum atomic E-state index is 5.68. The van der Waals surface area contributed by atoms with Crippen molar-refractivity contribution in [3.8, 4) is 0 Å². The van der Waals surface area contributed by atoms with Crippen molar-refractivity contribution < 1.29 is 0 Å². The average molecular weight is 275 g/mol. The van der Waals surface area contributed by atoms with Crippen LogP contribution in [-0.2, 0) is 0 Å². The van der Waals surface area contributed by atoms with E-state index in [1.807, 2.05) is 0 Å². The largest absolute Gasteiger partial charge is 0.330 e. The van der Waals surface area contributed by atoms with E-state index in [0.717, 1.165) is 18.4 Å². The van der Waals surface area contributed by atoms with Gasteiger partial charge in [-0.15, -0.1) is 12.4 Å². The van der Waals surface area contributed by atoms with Gasteiger partial charge in [-0.25, -0.2) is 0 Å². The molecule has 2 rings (SSSR count). The summed E-state index contributed by atoms with van der Waals surface area (Å²) in [6, 6.07) is 0. The van der Waals surface area contributed by atoms with Crippen molar-refractivity contribution in [2.75, 3.05) is 26.2 Å². The fourth-order valence-corrected chi connectivity index (χ4v) is 3.67. The molecule has 2 nitrogen and oxygen atoms in total. The number of nitrogens with two attached hydrogens (primary N) is 1. The van der Waals surface area contributed by atoms with E-state index in [4.69, 9.17) is 5.73 Å². The van der Waals surface area contributed by atoms with E-state index in [9.17, 15) is 0 Å². The summed E-state index contributed by atoms with van der Waals surface area (Å²) in [4.78, 5) is 2.71. The van der Waals surface area contributed by atoms with E-state index in [-0.39, 0.29) is 12.4 Å². The predicted molar refractivity (Wildman–Crippen MR) is 81.3 cm³/mol. The Morgan fingerprint density at radius 2 is 1.61 bits per heavy atom. The average Bonchev–Trinajstić information content (AvgIpc) is 2.39. The molecule has 1 aliphatic carbocycles. The van der Waals surface area contributed by atoms with Crippen molar-refractivity contribution >= 4 is 12.4 Å². The third-order valence-corrected chi connectivity index (χ3v) is 4.76. The van der Waals surface area contributed by atoms with E-state index in [0.29, 0.717) is 0 Å². The molecule has 2 fully saturated rings. The fraction of sp³-hybridized carbons (Fsp3) is 1.00. The smallest absolute Gasteiger partial charge is 0.00101 e. The Hall–Kier alpha value is 0.210. The van der Waals surface area contributed by atoms with Crippen LogP contribution in [0.25, 0.3) is 0 Å². The molecule has 108 valence electrons. The van der Waals surface area contributed by atoms with Crippen LogP contribution >= 0.6 is 12.4 Å². The molecule has 0 aromatic carbocycles. The third kappa shape index (κ3) is 5.46. The molecule has 0 radical (unpaired) electrons. The molecule has 2 aliphatic rings. The predicted octanol–water partition coefficient (Wildman–Crippen LogP) is 3.44. The van der Waals surface area contributed by atoms with Crippen LogP contribution in [0, 0.1) is 11.8 Å². The van der Waals surface area contributed by atoms with Crippen molar-refractivity contribution in [3.63, 3.8) is 0 Å². The van der Waals surface area contributed by atoms with Gasteiger partial charge in [0.2, 0.25) is 0 Å². The number of halogens is 1. The number of hydrogen-bond acceptors (Lipinski definition) is 2. The molecule has 1 unspecified atom stereocenters. The van der Waals surface area contributed by atoms with Gasteiger partial charge < -0.3 is 10.6 Å². The molecule has 18 heavy (non-hydrogen) atoms. The molecule has 0 spiro atoms. The number of rotatable bonds is 5. The Balaban J connectivity index is 0.00000162. The zero-order chi connectivity index (χ0) is 11.9. The van der Waals surface area contributed by atoms with Gasteiger partial charge in [0.25, 0.3) is 0 Å². The molecule has 1 saturated carbocycles. The lowest BCUT2D eigenvalue weighted by molar-refractivity contribution is 0.155. The molecule has 2 N–H and O–H groups in total. The molecule has 1 aliphatic heterocycles. The summed E-state index contributed by atoms with van der Waals surface area (Å²) in [5.41, 5.74) is 5.68. The van der Waals surface area contributed by atoms with E-state index < -0.39 is 0 Å². The molecule has 3 heteroatoms. The quantitative estimate of drug-likeness (QED) is 0.832. The lowest BCUT2D eigenvalue weighted by Gasteiger charge is -2.34. The van der Waals surface area contributed by atoms with Crippen LogP contribution in [0.2, 0.25) is 0 Å². The van der Waals surface area contributed by atoms with Crippen LogP contribution in [0.1, 0.15) is 57.8 Å². The zero-order valence-electron chi connectivity index (χ0n) is 11.8. The summed E-state index contributed by atoms with van der Waals surface area (Å²) in [7, 11) is 0. The van der Waals surface area contributed by atoms with Crippen LogP contribution in [0.15, 0.2) is 0 Å². The lowest BCUT2D eigenvalue weighted by Crippen LogP contribution is -2.37. The lowest BCUT2D eigenvalue weighted by atomic mass is 9.86. The summed E-state index contributed by atoms with van der Waals surface area (Å²) < 4.78 is 0. The van der Waals surface area contributed by atoms with Gasteiger partial charge in [-0.2, -0.15) is 0 Å². The van der Waals surface area contributed by atoms with E-state index in [1.165, 1.54) is 77.4 Å². The molecule has 1 heterocycles. The maximum absolute atomic E-state index is 5.68. The summed E-state index contributed by atoms with van der Waals surface area (Å²) >= 11 is 0. The summed E-state index contributed by atoms with van der Waals surface area (Å²) in [6.07, 6.45) is 13.0. The fourth-order valence-electron chi connectivity index (χ4n) is 3.67. The van der Waals surface area contributed by atoms with Crippen molar-refractivity contribution in [2.45, 2.75) is 57.8 Å². The third-order valence-electron chi connectivity index (χ3n) is 4.76. The first-order chi connectivity index (χ1) is 8.38. The second-order valence-corrected chi connectivity index (χ2v) is 6.18. The van der Waals surface area contributed by atoms with Crippen LogP contribution in [0.3, 0.4) is 0 Å². The standard InChI is InChI=1S/C15H30N2.ClH/c16-10-8-15-7-4-11-17(13-15)12-9-14-5-2-1-3-6-14;/h14-15H,1-13,16H2;1H. The van der Waals surface area contributed by atoms with Crippen LogP contribution in [-0.4, -0.2) is 31.1 Å². The Kier molecular flexibility index (Phi) is 8.28. The first kappa shape index (κ1) is 16.3. The highest BCUT2D eigenvalue weighted by atomic mass is 35.5. The Labute approximate surface area is 119 Å². The molecular formula is C15H31ClN2. The SMILES string of the molecule is Cl.NCCC1CCCN(CCC2CCCCC2)C1. The van der Waals surface area contributed by atoms with Crippen LogP contribution < -0.4 is 5.73 Å². The van der Waals surface area contributed by atoms with Gasteiger partial charge in [-0.1, -0.05) is 32.1 Å². The topological polar surface area (TPSA) is 29.3 Å². The first-order valence-electron chi connectivity index (χ1n) is 7.81. The van der Waals surface area contributed by atoms with Gasteiger partial charge >= 0.3 is 0 Å². The highest BCUT2D eigenvalue weighted by Gasteiger charge is 2.20. The van der Waals surface area contributed by atoms with Crippen molar-refractivity contribution in [2.24, 2.45) is 17.6 Å². The van der Waals surface area contributed by atoms with Gasteiger partial charge in [0.15, 0.2) is 0 Å². The molecule has 0 bridgehead atoms. The number of likely N-dealkylation sites (tertiary alicyclic amines) is 1. The monoisotopic (exact) mass is 274 g/mol. The minimum atomic E-state index is 0. The minimum Gasteiger partial charge on any atom is -0.330 e. The molecule has 0 aromatic rings. The molecule has 0 amide bonds.